The number of carbonyl (C=O) groups excluding carboxylic acids is 1. The summed E-state index contributed by atoms with van der Waals surface area (Å²) in [4.78, 5) is 11.6. The molecule has 1 amide bonds. The molecule has 0 aliphatic carbocycles. The second-order valence-corrected chi connectivity index (χ2v) is 4.53. The van der Waals surface area contributed by atoms with Crippen LogP contribution in [0.4, 0.5) is 5.69 Å². The molecule has 2 aromatic rings. The van der Waals surface area contributed by atoms with Crippen LogP contribution in [0.2, 0.25) is 0 Å². The molecule has 0 radical (unpaired) electrons. The maximum Gasteiger partial charge on any atom is 0.251 e. The molecule has 0 aromatic heterocycles. The van der Waals surface area contributed by atoms with Gasteiger partial charge in [0.2, 0.25) is 0 Å². The van der Waals surface area contributed by atoms with E-state index in [4.69, 9.17) is 15.7 Å². The van der Waals surface area contributed by atoms with Crippen LogP contribution >= 0.6 is 0 Å². The van der Waals surface area contributed by atoms with Crippen molar-refractivity contribution in [1.82, 2.24) is 5.32 Å². The zero-order valence-electron chi connectivity index (χ0n) is 11.8. The molecule has 0 aliphatic rings. The highest BCUT2D eigenvalue weighted by molar-refractivity contribution is 5.95. The van der Waals surface area contributed by atoms with Gasteiger partial charge in [-0.3, -0.25) is 4.79 Å². The van der Waals surface area contributed by atoms with Crippen molar-refractivity contribution in [2.45, 2.75) is 6.92 Å². The highest BCUT2D eigenvalue weighted by Gasteiger charge is 2.10. The number of benzene rings is 2. The van der Waals surface area contributed by atoms with Crippen molar-refractivity contribution in [1.29, 1.82) is 5.26 Å². The molecule has 0 heterocycles. The number of aryl methyl sites for hydroxylation is 1. The lowest BCUT2D eigenvalue weighted by Gasteiger charge is -2.12. The van der Waals surface area contributed by atoms with E-state index in [1.807, 2.05) is 6.92 Å². The predicted molar refractivity (Wildman–Crippen MR) is 80.2 cm³/mol. The number of nitrogen functional groups attached to an aromatic ring is 1. The van der Waals surface area contributed by atoms with Crippen molar-refractivity contribution >= 4 is 11.6 Å². The number of rotatable bonds is 3. The van der Waals surface area contributed by atoms with Gasteiger partial charge in [0.1, 0.15) is 5.75 Å². The Morgan fingerprint density at radius 3 is 2.67 bits per heavy atom. The van der Waals surface area contributed by atoms with Crippen molar-refractivity contribution in [3.63, 3.8) is 0 Å². The summed E-state index contributed by atoms with van der Waals surface area (Å²) in [6, 6.07) is 12.0. The number of nitrogens with zero attached hydrogens (tertiary/aromatic N) is 1. The molecule has 0 aliphatic heterocycles. The SMILES string of the molecule is CNC(=O)c1ccc(N)c(Oc2cc(C#N)ccc2C)c1. The number of amides is 1. The summed E-state index contributed by atoms with van der Waals surface area (Å²) in [6.07, 6.45) is 0. The number of ether oxygens (including phenoxy) is 1. The molecule has 2 rings (SSSR count). The lowest BCUT2D eigenvalue weighted by molar-refractivity contribution is 0.0963. The van der Waals surface area contributed by atoms with E-state index in [0.717, 1.165) is 5.56 Å². The molecule has 5 heteroatoms. The van der Waals surface area contributed by atoms with Gasteiger partial charge in [-0.2, -0.15) is 5.26 Å². The van der Waals surface area contributed by atoms with Crippen LogP contribution in [0.3, 0.4) is 0 Å². The smallest absolute Gasteiger partial charge is 0.251 e. The lowest BCUT2D eigenvalue weighted by atomic mass is 10.1. The molecule has 21 heavy (non-hydrogen) atoms. The second kappa shape index (κ2) is 5.97. The first-order valence-corrected chi connectivity index (χ1v) is 6.35. The van der Waals surface area contributed by atoms with Gasteiger partial charge < -0.3 is 15.8 Å². The lowest BCUT2D eigenvalue weighted by Crippen LogP contribution is -2.17. The molecule has 0 atom stereocenters. The molecule has 106 valence electrons. The number of hydrogen-bond donors (Lipinski definition) is 2. The summed E-state index contributed by atoms with van der Waals surface area (Å²) >= 11 is 0. The number of anilines is 1. The normalized spacial score (nSPS) is 9.76. The van der Waals surface area contributed by atoms with Crippen molar-refractivity contribution in [3.8, 4) is 17.6 Å². The Labute approximate surface area is 123 Å². The van der Waals surface area contributed by atoms with E-state index in [1.165, 1.54) is 0 Å². The first-order valence-electron chi connectivity index (χ1n) is 6.35. The number of carbonyl (C=O) groups is 1. The molecule has 0 saturated heterocycles. The molecular weight excluding hydrogens is 266 g/mol. The van der Waals surface area contributed by atoms with Crippen molar-refractivity contribution in [2.75, 3.05) is 12.8 Å². The van der Waals surface area contributed by atoms with Crippen LogP contribution in [0.5, 0.6) is 11.5 Å². The van der Waals surface area contributed by atoms with Crippen LogP contribution in [0.15, 0.2) is 36.4 Å². The van der Waals surface area contributed by atoms with Crippen LogP contribution < -0.4 is 15.8 Å². The van der Waals surface area contributed by atoms with E-state index < -0.39 is 0 Å². The molecule has 0 bridgehead atoms. The quantitative estimate of drug-likeness (QED) is 0.846. The van der Waals surface area contributed by atoms with Gasteiger partial charge in [0.15, 0.2) is 5.75 Å². The fourth-order valence-corrected chi connectivity index (χ4v) is 1.81. The van der Waals surface area contributed by atoms with Crippen LogP contribution in [-0.4, -0.2) is 13.0 Å². The number of nitrogens with one attached hydrogen (secondary N) is 1. The zero-order chi connectivity index (χ0) is 15.4. The van der Waals surface area contributed by atoms with Crippen molar-refractivity contribution in [3.05, 3.63) is 53.1 Å². The Morgan fingerprint density at radius 2 is 2.00 bits per heavy atom. The van der Waals surface area contributed by atoms with E-state index in [0.29, 0.717) is 28.3 Å². The third-order valence-electron chi connectivity index (χ3n) is 3.04. The highest BCUT2D eigenvalue weighted by atomic mass is 16.5. The third-order valence-corrected chi connectivity index (χ3v) is 3.04. The van der Waals surface area contributed by atoms with Gasteiger partial charge in [-0.15, -0.1) is 0 Å². The highest BCUT2D eigenvalue weighted by Crippen LogP contribution is 2.31. The summed E-state index contributed by atoms with van der Waals surface area (Å²) in [5.74, 6) is 0.700. The topological polar surface area (TPSA) is 88.1 Å². The second-order valence-electron chi connectivity index (χ2n) is 4.53. The summed E-state index contributed by atoms with van der Waals surface area (Å²) in [5, 5.41) is 11.5. The van der Waals surface area contributed by atoms with Crippen LogP contribution in [-0.2, 0) is 0 Å². The van der Waals surface area contributed by atoms with Crippen LogP contribution in [0.1, 0.15) is 21.5 Å². The minimum atomic E-state index is -0.220. The van der Waals surface area contributed by atoms with E-state index in [1.54, 1.807) is 43.4 Å². The van der Waals surface area contributed by atoms with Gasteiger partial charge in [0.05, 0.1) is 17.3 Å². The average molecular weight is 281 g/mol. The minimum Gasteiger partial charge on any atom is -0.455 e. The standard InChI is InChI=1S/C16H15N3O2/c1-10-3-4-11(9-17)7-14(10)21-15-8-12(16(20)19-2)5-6-13(15)18/h3-8H,18H2,1-2H3,(H,19,20). The van der Waals surface area contributed by atoms with Gasteiger partial charge >= 0.3 is 0 Å². The molecule has 0 saturated carbocycles. The summed E-state index contributed by atoms with van der Waals surface area (Å²) in [6.45, 7) is 1.87. The molecule has 3 N–H and O–H groups in total. The zero-order valence-corrected chi connectivity index (χ0v) is 11.8. The summed E-state index contributed by atoms with van der Waals surface area (Å²) < 4.78 is 5.76. The van der Waals surface area contributed by atoms with Crippen molar-refractivity contribution in [2.24, 2.45) is 0 Å². The van der Waals surface area contributed by atoms with Crippen LogP contribution in [0.25, 0.3) is 0 Å². The number of hydrogen-bond acceptors (Lipinski definition) is 4. The minimum absolute atomic E-state index is 0.220. The maximum atomic E-state index is 11.6. The third kappa shape index (κ3) is 3.12. The molecular formula is C16H15N3O2. The Hall–Kier alpha value is -3.00. The predicted octanol–water partition coefficient (Wildman–Crippen LogP) is 2.60. The molecule has 0 fully saturated rings. The van der Waals surface area contributed by atoms with E-state index in [9.17, 15) is 4.79 Å². The molecule has 2 aromatic carbocycles. The Balaban J connectivity index is 2.39. The van der Waals surface area contributed by atoms with Gasteiger partial charge in [-0.05, 0) is 42.8 Å². The van der Waals surface area contributed by atoms with Gasteiger partial charge in [0.25, 0.3) is 5.91 Å². The summed E-state index contributed by atoms with van der Waals surface area (Å²) in [7, 11) is 1.56. The number of nitriles is 1. The van der Waals surface area contributed by atoms with Gasteiger partial charge in [0, 0.05) is 12.6 Å². The molecule has 0 spiro atoms. The maximum absolute atomic E-state index is 11.6. The monoisotopic (exact) mass is 281 g/mol. The molecule has 0 unspecified atom stereocenters. The first kappa shape index (κ1) is 14.4. The van der Waals surface area contributed by atoms with Gasteiger partial charge in [-0.1, -0.05) is 6.07 Å². The fraction of sp³-hybridized carbons (Fsp3) is 0.125. The molecule has 5 nitrogen and oxygen atoms in total. The first-order chi connectivity index (χ1) is 10.0. The van der Waals surface area contributed by atoms with Gasteiger partial charge in [-0.25, -0.2) is 0 Å². The Morgan fingerprint density at radius 1 is 1.24 bits per heavy atom. The van der Waals surface area contributed by atoms with E-state index in [-0.39, 0.29) is 5.91 Å². The van der Waals surface area contributed by atoms with Crippen LogP contribution in [0, 0.1) is 18.3 Å². The fourth-order valence-electron chi connectivity index (χ4n) is 1.81. The average Bonchev–Trinajstić information content (AvgIpc) is 2.50. The van der Waals surface area contributed by atoms with E-state index in [2.05, 4.69) is 11.4 Å². The van der Waals surface area contributed by atoms with Crippen molar-refractivity contribution < 1.29 is 9.53 Å². The Kier molecular flexibility index (Phi) is 4.10. The Bertz CT molecular complexity index is 733. The largest absolute Gasteiger partial charge is 0.455 e. The number of nitrogens with two attached hydrogens (primary N) is 1. The van der Waals surface area contributed by atoms with E-state index >= 15 is 0 Å². The summed E-state index contributed by atoms with van der Waals surface area (Å²) in [5.41, 5.74) is 8.12.